The summed E-state index contributed by atoms with van der Waals surface area (Å²) in [4.78, 5) is 0. The van der Waals surface area contributed by atoms with Gasteiger partial charge in [0.05, 0.1) is 17.7 Å². The van der Waals surface area contributed by atoms with E-state index in [-0.39, 0.29) is 5.92 Å². The maximum atomic E-state index is 9.26. The van der Waals surface area contributed by atoms with Gasteiger partial charge >= 0.3 is 8.32 Å². The maximum absolute atomic E-state index is 9.26. The molecule has 1 saturated carbocycles. The lowest BCUT2D eigenvalue weighted by molar-refractivity contribution is 0.338. The minimum absolute atomic E-state index is 0.112. The highest BCUT2D eigenvalue weighted by Crippen LogP contribution is 2.24. The first-order valence-corrected chi connectivity index (χ1v) is 11.1. The van der Waals surface area contributed by atoms with Gasteiger partial charge in [0.1, 0.15) is 0 Å². The van der Waals surface area contributed by atoms with Crippen LogP contribution < -0.4 is 15.6 Å². The van der Waals surface area contributed by atoms with Crippen LogP contribution in [0.5, 0.6) is 0 Å². The van der Waals surface area contributed by atoms with Crippen LogP contribution in [0.15, 0.2) is 96.2 Å². The Labute approximate surface area is 160 Å². The van der Waals surface area contributed by atoms with E-state index in [4.69, 9.17) is 4.53 Å². The van der Waals surface area contributed by atoms with Crippen molar-refractivity contribution in [3.63, 3.8) is 0 Å². The molecule has 3 aromatic carbocycles. The topological polar surface area (TPSA) is 45.4 Å². The van der Waals surface area contributed by atoms with E-state index in [9.17, 15) is 5.26 Å². The lowest BCUT2D eigenvalue weighted by Gasteiger charge is -2.31. The smallest absolute Gasteiger partial charge is 0.380 e. The number of nitrogens with zero attached hydrogens (tertiary/aromatic N) is 2. The van der Waals surface area contributed by atoms with E-state index in [0.717, 1.165) is 34.1 Å². The third-order valence-corrected chi connectivity index (χ3v) is 8.89. The monoisotopic (exact) mass is 368 g/mol. The van der Waals surface area contributed by atoms with Crippen LogP contribution in [0, 0.1) is 17.2 Å². The van der Waals surface area contributed by atoms with Gasteiger partial charge in [0, 0.05) is 0 Å². The fourth-order valence-electron chi connectivity index (χ4n) is 3.47. The first-order chi connectivity index (χ1) is 13.3. The van der Waals surface area contributed by atoms with Crippen molar-refractivity contribution in [1.82, 2.24) is 0 Å². The van der Waals surface area contributed by atoms with Gasteiger partial charge in [-0.1, -0.05) is 91.0 Å². The van der Waals surface area contributed by atoms with Gasteiger partial charge in [0.15, 0.2) is 0 Å². The van der Waals surface area contributed by atoms with Crippen molar-refractivity contribution in [2.75, 3.05) is 0 Å². The number of benzene rings is 3. The molecular formula is C23H20N2OSi. The van der Waals surface area contributed by atoms with Gasteiger partial charge in [-0.05, 0) is 28.4 Å². The summed E-state index contributed by atoms with van der Waals surface area (Å²) >= 11 is 0. The lowest BCUT2D eigenvalue weighted by atomic mass is 9.84. The zero-order valence-corrected chi connectivity index (χ0v) is 16.0. The van der Waals surface area contributed by atoms with Crippen LogP contribution in [0.3, 0.4) is 0 Å². The molecule has 1 aliphatic rings. The second-order valence-electron chi connectivity index (χ2n) is 6.67. The molecule has 132 valence electrons. The van der Waals surface area contributed by atoms with Gasteiger partial charge in [0.2, 0.25) is 0 Å². The molecule has 4 heteroatoms. The standard InChI is InChI=1S/C23H20N2OSi/c24-18-19-16-17-23(19)25-26-27(20-10-4-1-5-11-20,21-12-6-2-7-13-21)22-14-8-3-9-15-22/h1-15,19H,16-17H2. The Morgan fingerprint density at radius 3 is 1.56 bits per heavy atom. The van der Waals surface area contributed by atoms with Crippen molar-refractivity contribution >= 4 is 29.6 Å². The summed E-state index contributed by atoms with van der Waals surface area (Å²) in [5, 5.41) is 17.2. The van der Waals surface area contributed by atoms with Crippen molar-refractivity contribution in [1.29, 1.82) is 5.26 Å². The molecule has 0 N–H and O–H groups in total. The highest BCUT2D eigenvalue weighted by molar-refractivity contribution is 7.07. The predicted octanol–water partition coefficient (Wildman–Crippen LogP) is 2.96. The Kier molecular flexibility index (Phi) is 4.86. The van der Waals surface area contributed by atoms with Gasteiger partial charge in [-0.2, -0.15) is 5.26 Å². The average Bonchev–Trinajstić information content (AvgIpc) is 2.73. The predicted molar refractivity (Wildman–Crippen MR) is 111 cm³/mol. The highest BCUT2D eigenvalue weighted by atomic mass is 28.4. The molecule has 4 rings (SSSR count). The minimum Gasteiger partial charge on any atom is -0.438 e. The van der Waals surface area contributed by atoms with E-state index >= 15 is 0 Å². The van der Waals surface area contributed by atoms with E-state index in [0.29, 0.717) is 0 Å². The van der Waals surface area contributed by atoms with Crippen LogP contribution >= 0.6 is 0 Å². The first kappa shape index (κ1) is 17.3. The van der Waals surface area contributed by atoms with Gasteiger partial charge < -0.3 is 4.53 Å². The Morgan fingerprint density at radius 2 is 1.22 bits per heavy atom. The summed E-state index contributed by atoms with van der Waals surface area (Å²) < 4.78 is 6.50. The molecule has 1 atom stereocenters. The number of oxime groups is 1. The Bertz CT molecular complexity index is 869. The molecule has 0 radical (unpaired) electrons. The number of rotatable bonds is 5. The maximum Gasteiger partial charge on any atom is 0.380 e. The molecule has 1 unspecified atom stereocenters. The number of hydrogen-bond acceptors (Lipinski definition) is 3. The third-order valence-electron chi connectivity index (χ3n) is 5.09. The van der Waals surface area contributed by atoms with Crippen molar-refractivity contribution in [2.45, 2.75) is 12.8 Å². The quantitative estimate of drug-likeness (QED) is 0.395. The van der Waals surface area contributed by atoms with E-state index in [2.05, 4.69) is 47.6 Å². The van der Waals surface area contributed by atoms with E-state index in [1.165, 1.54) is 0 Å². The summed E-state index contributed by atoms with van der Waals surface area (Å²) in [6, 6.07) is 33.3. The van der Waals surface area contributed by atoms with Gasteiger partial charge in [-0.25, -0.2) is 0 Å². The summed E-state index contributed by atoms with van der Waals surface area (Å²) in [5.41, 5.74) is 0.858. The molecule has 0 amide bonds. The van der Waals surface area contributed by atoms with Crippen molar-refractivity contribution in [3.05, 3.63) is 91.0 Å². The second kappa shape index (κ2) is 7.61. The fraction of sp³-hybridized carbons (Fsp3) is 0.130. The molecule has 3 aromatic rings. The van der Waals surface area contributed by atoms with Crippen LogP contribution in [-0.4, -0.2) is 14.0 Å². The van der Waals surface area contributed by atoms with E-state index < -0.39 is 8.32 Å². The Balaban J connectivity index is 1.91. The largest absolute Gasteiger partial charge is 0.438 e. The molecule has 0 heterocycles. The van der Waals surface area contributed by atoms with Crippen LogP contribution in [0.4, 0.5) is 0 Å². The fourth-order valence-corrected chi connectivity index (χ4v) is 7.03. The van der Waals surface area contributed by atoms with Crippen LogP contribution in [0.25, 0.3) is 0 Å². The zero-order valence-electron chi connectivity index (χ0n) is 15.0. The summed E-state index contributed by atoms with van der Waals surface area (Å²) in [7, 11) is -2.81. The molecular weight excluding hydrogens is 348 g/mol. The molecule has 1 fully saturated rings. The Morgan fingerprint density at radius 1 is 0.778 bits per heavy atom. The zero-order chi connectivity index (χ0) is 18.5. The molecule has 1 aliphatic carbocycles. The molecule has 0 aromatic heterocycles. The van der Waals surface area contributed by atoms with Crippen LogP contribution in [0.1, 0.15) is 12.8 Å². The number of nitriles is 1. The second-order valence-corrected chi connectivity index (χ2v) is 9.95. The van der Waals surface area contributed by atoms with Gasteiger partial charge in [-0.15, -0.1) is 5.16 Å². The van der Waals surface area contributed by atoms with Gasteiger partial charge in [-0.3, -0.25) is 0 Å². The minimum atomic E-state index is -2.81. The van der Waals surface area contributed by atoms with Crippen molar-refractivity contribution < 1.29 is 4.53 Å². The molecule has 0 bridgehead atoms. The van der Waals surface area contributed by atoms with E-state index in [1.54, 1.807) is 0 Å². The average molecular weight is 369 g/mol. The van der Waals surface area contributed by atoms with Crippen LogP contribution in [-0.2, 0) is 4.53 Å². The summed E-state index contributed by atoms with van der Waals surface area (Å²) in [6.45, 7) is 0. The van der Waals surface area contributed by atoms with Gasteiger partial charge in [0.25, 0.3) is 0 Å². The van der Waals surface area contributed by atoms with Crippen molar-refractivity contribution in [3.8, 4) is 6.07 Å². The lowest BCUT2D eigenvalue weighted by Crippen LogP contribution is -2.68. The number of hydrogen-bond donors (Lipinski definition) is 0. The first-order valence-electron chi connectivity index (χ1n) is 9.16. The highest BCUT2D eigenvalue weighted by Gasteiger charge is 2.45. The molecule has 3 nitrogen and oxygen atoms in total. The normalized spacial score (nSPS) is 17.7. The molecule has 0 saturated heterocycles. The van der Waals surface area contributed by atoms with Crippen molar-refractivity contribution in [2.24, 2.45) is 11.1 Å². The molecule has 0 spiro atoms. The van der Waals surface area contributed by atoms with E-state index in [1.807, 2.05) is 54.6 Å². The summed E-state index contributed by atoms with van der Waals surface area (Å²) in [6.07, 6.45) is 1.70. The summed E-state index contributed by atoms with van der Waals surface area (Å²) in [5.74, 6) is -0.112. The van der Waals surface area contributed by atoms with Crippen LogP contribution in [0.2, 0.25) is 0 Å². The molecule has 27 heavy (non-hydrogen) atoms. The SMILES string of the molecule is N#CC1CCC1=NO[Si](c1ccccc1)(c1ccccc1)c1ccccc1. The Hall–Kier alpha value is -3.16. The third kappa shape index (κ3) is 3.18. The molecule has 0 aliphatic heterocycles.